The van der Waals surface area contributed by atoms with Gasteiger partial charge in [-0.15, -0.1) is 0 Å². The van der Waals surface area contributed by atoms with Crippen molar-refractivity contribution in [3.05, 3.63) is 18.2 Å². The fourth-order valence-electron chi connectivity index (χ4n) is 2.37. The minimum absolute atomic E-state index is 0.283. The molecule has 19 heavy (non-hydrogen) atoms. The summed E-state index contributed by atoms with van der Waals surface area (Å²) in [6, 6.07) is 5.22. The predicted molar refractivity (Wildman–Crippen MR) is 68.9 cm³/mol. The number of ether oxygens (including phenoxy) is 3. The van der Waals surface area contributed by atoms with Crippen molar-refractivity contribution >= 4 is 5.97 Å². The normalized spacial score (nSPS) is 22.0. The third-order valence-corrected chi connectivity index (χ3v) is 3.38. The number of carboxylic acids is 1. The van der Waals surface area contributed by atoms with E-state index in [4.69, 9.17) is 19.3 Å². The first-order valence-corrected chi connectivity index (χ1v) is 6.26. The minimum atomic E-state index is -0.794. The smallest absolute Gasteiger partial charge is 0.310 e. The van der Waals surface area contributed by atoms with Crippen LogP contribution in [0, 0.1) is 5.92 Å². The van der Waals surface area contributed by atoms with Crippen LogP contribution in [0.1, 0.15) is 19.3 Å². The molecular weight excluding hydrogens is 248 g/mol. The van der Waals surface area contributed by atoms with Gasteiger partial charge in [0.25, 0.3) is 0 Å². The van der Waals surface area contributed by atoms with Crippen molar-refractivity contribution in [3.63, 3.8) is 0 Å². The van der Waals surface area contributed by atoms with Crippen molar-refractivity contribution in [2.45, 2.75) is 25.4 Å². The Morgan fingerprint density at radius 3 is 2.21 bits per heavy atom. The van der Waals surface area contributed by atoms with Crippen LogP contribution in [0.4, 0.5) is 0 Å². The van der Waals surface area contributed by atoms with Crippen LogP contribution < -0.4 is 14.2 Å². The van der Waals surface area contributed by atoms with Gasteiger partial charge in [-0.05, 0) is 19.3 Å². The topological polar surface area (TPSA) is 65.0 Å². The van der Waals surface area contributed by atoms with Crippen molar-refractivity contribution in [2.75, 3.05) is 14.2 Å². The summed E-state index contributed by atoms with van der Waals surface area (Å²) in [4.78, 5) is 11.1. The van der Waals surface area contributed by atoms with E-state index >= 15 is 0 Å². The summed E-state index contributed by atoms with van der Waals surface area (Å²) in [5.41, 5.74) is 0. The standard InChI is InChI=1S/C14H18O5/c1-17-9-6-10(18-2)8-11(7-9)19-13-5-3-4-12(13)14(15)16/h6-8,12-13H,3-5H2,1-2H3,(H,15,16). The highest BCUT2D eigenvalue weighted by molar-refractivity contribution is 5.71. The third-order valence-electron chi connectivity index (χ3n) is 3.38. The molecule has 0 radical (unpaired) electrons. The fourth-order valence-corrected chi connectivity index (χ4v) is 2.37. The molecule has 0 amide bonds. The van der Waals surface area contributed by atoms with Gasteiger partial charge in [-0.3, -0.25) is 4.79 Å². The fraction of sp³-hybridized carbons (Fsp3) is 0.500. The van der Waals surface area contributed by atoms with Crippen molar-refractivity contribution < 1.29 is 24.1 Å². The van der Waals surface area contributed by atoms with Gasteiger partial charge in [-0.1, -0.05) is 0 Å². The van der Waals surface area contributed by atoms with E-state index in [2.05, 4.69) is 0 Å². The van der Waals surface area contributed by atoms with Crippen molar-refractivity contribution in [3.8, 4) is 17.2 Å². The van der Waals surface area contributed by atoms with E-state index in [1.807, 2.05) is 0 Å². The number of carboxylic acid groups (broad SMARTS) is 1. The molecular formula is C14H18O5. The van der Waals surface area contributed by atoms with Gasteiger partial charge in [0.2, 0.25) is 0 Å². The van der Waals surface area contributed by atoms with E-state index in [1.54, 1.807) is 32.4 Å². The average molecular weight is 266 g/mol. The van der Waals surface area contributed by atoms with Gasteiger partial charge in [-0.2, -0.15) is 0 Å². The van der Waals surface area contributed by atoms with Crippen LogP contribution in [-0.4, -0.2) is 31.4 Å². The summed E-state index contributed by atoms with van der Waals surface area (Å²) in [6.07, 6.45) is 2.02. The molecule has 1 aromatic carbocycles. The molecule has 1 N–H and O–H groups in total. The lowest BCUT2D eigenvalue weighted by Crippen LogP contribution is -2.27. The first-order chi connectivity index (χ1) is 9.13. The predicted octanol–water partition coefficient (Wildman–Crippen LogP) is 2.34. The second-order valence-electron chi connectivity index (χ2n) is 4.58. The number of benzene rings is 1. The second kappa shape index (κ2) is 5.82. The van der Waals surface area contributed by atoms with E-state index in [0.29, 0.717) is 23.7 Å². The molecule has 0 aromatic heterocycles. The van der Waals surface area contributed by atoms with E-state index in [0.717, 1.165) is 12.8 Å². The number of hydrogen-bond donors (Lipinski definition) is 1. The number of rotatable bonds is 5. The summed E-state index contributed by atoms with van der Waals surface area (Å²) in [7, 11) is 3.13. The molecule has 104 valence electrons. The van der Waals surface area contributed by atoms with Crippen molar-refractivity contribution in [1.29, 1.82) is 0 Å². The lowest BCUT2D eigenvalue weighted by Gasteiger charge is -2.19. The first kappa shape index (κ1) is 13.5. The maximum absolute atomic E-state index is 11.1. The Bertz CT molecular complexity index is 435. The highest BCUT2D eigenvalue weighted by Gasteiger charge is 2.34. The zero-order chi connectivity index (χ0) is 13.8. The van der Waals surface area contributed by atoms with E-state index in [-0.39, 0.29) is 6.10 Å². The molecule has 5 heteroatoms. The molecule has 2 atom stereocenters. The molecule has 0 heterocycles. The van der Waals surface area contributed by atoms with Crippen LogP contribution in [0.2, 0.25) is 0 Å². The number of hydrogen-bond acceptors (Lipinski definition) is 4. The highest BCUT2D eigenvalue weighted by Crippen LogP contribution is 2.33. The monoisotopic (exact) mass is 266 g/mol. The van der Waals surface area contributed by atoms with Gasteiger partial charge < -0.3 is 19.3 Å². The summed E-state index contributed by atoms with van der Waals surface area (Å²) in [5.74, 6) is 0.599. The molecule has 1 aromatic rings. The minimum Gasteiger partial charge on any atom is -0.496 e. The Labute approximate surface area is 112 Å². The lowest BCUT2D eigenvalue weighted by atomic mass is 10.1. The molecule has 2 rings (SSSR count). The maximum atomic E-state index is 11.1. The quantitative estimate of drug-likeness (QED) is 0.886. The van der Waals surface area contributed by atoms with Gasteiger partial charge in [-0.25, -0.2) is 0 Å². The zero-order valence-corrected chi connectivity index (χ0v) is 11.1. The second-order valence-corrected chi connectivity index (χ2v) is 4.58. The Kier molecular flexibility index (Phi) is 4.14. The molecule has 0 spiro atoms. The van der Waals surface area contributed by atoms with Crippen molar-refractivity contribution in [1.82, 2.24) is 0 Å². The molecule has 0 aliphatic heterocycles. The number of methoxy groups -OCH3 is 2. The maximum Gasteiger partial charge on any atom is 0.310 e. The SMILES string of the molecule is COc1cc(OC)cc(OC2CCCC2C(=O)O)c1. The Hall–Kier alpha value is -1.91. The van der Waals surface area contributed by atoms with Gasteiger partial charge in [0.15, 0.2) is 0 Å². The van der Waals surface area contributed by atoms with Crippen LogP contribution in [-0.2, 0) is 4.79 Å². The summed E-state index contributed by atoms with van der Waals surface area (Å²) >= 11 is 0. The van der Waals surface area contributed by atoms with Crippen LogP contribution in [0.5, 0.6) is 17.2 Å². The summed E-state index contributed by atoms with van der Waals surface area (Å²) in [6.45, 7) is 0. The first-order valence-electron chi connectivity index (χ1n) is 6.26. The molecule has 0 saturated heterocycles. The van der Waals surface area contributed by atoms with E-state index in [1.165, 1.54) is 0 Å². The van der Waals surface area contributed by atoms with Gasteiger partial charge >= 0.3 is 5.97 Å². The van der Waals surface area contributed by atoms with Gasteiger partial charge in [0, 0.05) is 18.2 Å². The number of aliphatic carboxylic acids is 1. The van der Waals surface area contributed by atoms with Crippen LogP contribution in [0.15, 0.2) is 18.2 Å². The summed E-state index contributed by atoms with van der Waals surface area (Å²) in [5, 5.41) is 9.13. The van der Waals surface area contributed by atoms with Crippen LogP contribution in [0.3, 0.4) is 0 Å². The Balaban J connectivity index is 2.16. The third kappa shape index (κ3) is 3.10. The Morgan fingerprint density at radius 1 is 1.11 bits per heavy atom. The number of carbonyl (C=O) groups is 1. The average Bonchev–Trinajstić information content (AvgIpc) is 2.86. The molecule has 1 aliphatic rings. The van der Waals surface area contributed by atoms with E-state index in [9.17, 15) is 4.79 Å². The van der Waals surface area contributed by atoms with Gasteiger partial charge in [0.05, 0.1) is 20.1 Å². The van der Waals surface area contributed by atoms with Crippen LogP contribution in [0.25, 0.3) is 0 Å². The summed E-state index contributed by atoms with van der Waals surface area (Å²) < 4.78 is 16.1. The highest BCUT2D eigenvalue weighted by atomic mass is 16.5. The van der Waals surface area contributed by atoms with Crippen molar-refractivity contribution in [2.24, 2.45) is 5.92 Å². The molecule has 1 fully saturated rings. The molecule has 2 unspecified atom stereocenters. The van der Waals surface area contributed by atoms with Crippen LogP contribution >= 0.6 is 0 Å². The molecule has 0 bridgehead atoms. The lowest BCUT2D eigenvalue weighted by molar-refractivity contribution is -0.143. The molecule has 1 aliphatic carbocycles. The zero-order valence-electron chi connectivity index (χ0n) is 11.1. The van der Waals surface area contributed by atoms with E-state index < -0.39 is 11.9 Å². The molecule has 5 nitrogen and oxygen atoms in total. The van der Waals surface area contributed by atoms with Gasteiger partial charge in [0.1, 0.15) is 23.4 Å². The largest absolute Gasteiger partial charge is 0.496 e. The molecule has 1 saturated carbocycles. The Morgan fingerprint density at radius 2 is 1.68 bits per heavy atom.